The maximum atomic E-state index is 12.3. The standard InChI is InChI=1S/C21H40N2O4/c1-7-10-14(11-8-2)18(22)16-12-15(19(24)26-9-3)13-17(16)23-20(25)27-21(4,5)6/h14-18H,7-13,22H2,1-6H3,(H,23,25)/t15-,16-,17-,18?/m1/s1. The molecule has 1 rings (SSSR count). The highest BCUT2D eigenvalue weighted by molar-refractivity contribution is 5.73. The minimum absolute atomic E-state index is 0.0509. The average molecular weight is 385 g/mol. The largest absolute Gasteiger partial charge is 0.466 e. The molecule has 0 saturated heterocycles. The van der Waals surface area contributed by atoms with E-state index in [-0.39, 0.29) is 29.9 Å². The van der Waals surface area contributed by atoms with E-state index in [0.717, 1.165) is 25.7 Å². The minimum Gasteiger partial charge on any atom is -0.466 e. The molecule has 1 aliphatic rings. The molecule has 1 fully saturated rings. The molecule has 0 heterocycles. The molecule has 27 heavy (non-hydrogen) atoms. The molecule has 1 aliphatic carbocycles. The van der Waals surface area contributed by atoms with Gasteiger partial charge in [0, 0.05) is 12.1 Å². The lowest BCUT2D eigenvalue weighted by Gasteiger charge is -2.33. The predicted molar refractivity (Wildman–Crippen MR) is 107 cm³/mol. The Hall–Kier alpha value is -1.30. The first-order chi connectivity index (χ1) is 12.6. The molecular formula is C21H40N2O4. The Morgan fingerprint density at radius 3 is 2.19 bits per heavy atom. The zero-order valence-corrected chi connectivity index (χ0v) is 18.0. The number of hydrogen-bond acceptors (Lipinski definition) is 5. The van der Waals surface area contributed by atoms with E-state index in [2.05, 4.69) is 19.2 Å². The predicted octanol–water partition coefficient (Wildman–Crippen LogP) is 4.01. The topological polar surface area (TPSA) is 90.7 Å². The summed E-state index contributed by atoms with van der Waals surface area (Å²) in [6.45, 7) is 12.0. The molecular weight excluding hydrogens is 344 g/mol. The number of rotatable bonds is 9. The van der Waals surface area contributed by atoms with Crippen LogP contribution in [-0.2, 0) is 14.3 Å². The number of carbonyl (C=O) groups excluding carboxylic acids is 2. The highest BCUT2D eigenvalue weighted by Gasteiger charge is 2.44. The van der Waals surface area contributed by atoms with Gasteiger partial charge in [-0.15, -0.1) is 0 Å². The van der Waals surface area contributed by atoms with Gasteiger partial charge in [0.25, 0.3) is 0 Å². The molecule has 158 valence electrons. The molecule has 6 nitrogen and oxygen atoms in total. The van der Waals surface area contributed by atoms with Crippen LogP contribution >= 0.6 is 0 Å². The van der Waals surface area contributed by atoms with Crippen molar-refractivity contribution >= 4 is 12.1 Å². The van der Waals surface area contributed by atoms with Crippen molar-refractivity contribution in [3.05, 3.63) is 0 Å². The van der Waals surface area contributed by atoms with E-state index >= 15 is 0 Å². The van der Waals surface area contributed by atoms with Crippen LogP contribution in [0.15, 0.2) is 0 Å². The second-order valence-electron chi connectivity index (χ2n) is 8.75. The molecule has 4 atom stereocenters. The summed E-state index contributed by atoms with van der Waals surface area (Å²) in [6.07, 6.45) is 5.05. The van der Waals surface area contributed by atoms with E-state index in [1.165, 1.54) is 0 Å². The number of nitrogens with one attached hydrogen (secondary N) is 1. The number of ether oxygens (including phenoxy) is 2. The van der Waals surface area contributed by atoms with Gasteiger partial charge in [0.2, 0.25) is 0 Å². The molecule has 0 radical (unpaired) electrons. The van der Waals surface area contributed by atoms with Gasteiger partial charge in [-0.3, -0.25) is 4.79 Å². The molecule has 6 heteroatoms. The van der Waals surface area contributed by atoms with E-state index in [9.17, 15) is 9.59 Å². The quantitative estimate of drug-likeness (QED) is 0.586. The number of nitrogens with two attached hydrogens (primary N) is 1. The van der Waals surface area contributed by atoms with Crippen LogP contribution in [0.1, 0.15) is 80.1 Å². The van der Waals surface area contributed by atoms with Crippen molar-refractivity contribution in [2.24, 2.45) is 23.5 Å². The third kappa shape index (κ3) is 7.68. The van der Waals surface area contributed by atoms with Crippen LogP contribution in [0.3, 0.4) is 0 Å². The number of esters is 1. The van der Waals surface area contributed by atoms with Crippen molar-refractivity contribution in [1.82, 2.24) is 5.32 Å². The number of hydrogen-bond donors (Lipinski definition) is 2. The Morgan fingerprint density at radius 1 is 1.11 bits per heavy atom. The van der Waals surface area contributed by atoms with Gasteiger partial charge in [-0.05, 0) is 65.2 Å². The van der Waals surface area contributed by atoms with E-state index in [4.69, 9.17) is 15.2 Å². The van der Waals surface area contributed by atoms with Crippen LogP contribution in [0.5, 0.6) is 0 Å². The lowest BCUT2D eigenvalue weighted by atomic mass is 9.80. The Labute approximate surface area is 164 Å². The molecule has 1 unspecified atom stereocenters. The van der Waals surface area contributed by atoms with E-state index in [1.54, 1.807) is 0 Å². The van der Waals surface area contributed by atoms with Crippen LogP contribution in [0.25, 0.3) is 0 Å². The fourth-order valence-electron chi connectivity index (χ4n) is 4.19. The zero-order chi connectivity index (χ0) is 20.6. The zero-order valence-electron chi connectivity index (χ0n) is 18.0. The van der Waals surface area contributed by atoms with Crippen molar-refractivity contribution in [3.63, 3.8) is 0 Å². The van der Waals surface area contributed by atoms with Crippen molar-refractivity contribution in [1.29, 1.82) is 0 Å². The maximum Gasteiger partial charge on any atom is 0.407 e. The summed E-state index contributed by atoms with van der Waals surface area (Å²) in [5, 5.41) is 2.98. The normalized spacial score (nSPS) is 23.9. The molecule has 0 aromatic heterocycles. The van der Waals surface area contributed by atoms with E-state index in [1.807, 2.05) is 27.7 Å². The average Bonchev–Trinajstić information content (AvgIpc) is 2.96. The molecule has 0 aromatic carbocycles. The van der Waals surface area contributed by atoms with Gasteiger partial charge < -0.3 is 20.5 Å². The third-order valence-electron chi connectivity index (χ3n) is 5.29. The summed E-state index contributed by atoms with van der Waals surface area (Å²) in [5.41, 5.74) is 6.12. The maximum absolute atomic E-state index is 12.3. The Kier molecular flexibility index (Phi) is 9.57. The number of alkyl carbamates (subject to hydrolysis) is 1. The van der Waals surface area contributed by atoms with Gasteiger partial charge in [-0.2, -0.15) is 0 Å². The van der Waals surface area contributed by atoms with Gasteiger partial charge in [-0.25, -0.2) is 4.79 Å². The van der Waals surface area contributed by atoms with Gasteiger partial charge in [0.05, 0.1) is 12.5 Å². The SMILES string of the molecule is CCCC(CCC)C(N)[C@@H]1C[C@@H](C(=O)OCC)C[C@H]1NC(=O)OC(C)(C)C. The van der Waals surface area contributed by atoms with Crippen molar-refractivity contribution in [2.75, 3.05) is 6.61 Å². The van der Waals surface area contributed by atoms with Crippen LogP contribution in [0.4, 0.5) is 4.79 Å². The summed E-state index contributed by atoms with van der Waals surface area (Å²) in [4.78, 5) is 24.6. The van der Waals surface area contributed by atoms with Gasteiger partial charge in [0.1, 0.15) is 5.60 Å². The second kappa shape index (κ2) is 10.9. The molecule has 1 amide bonds. The van der Waals surface area contributed by atoms with Crippen LogP contribution in [0, 0.1) is 17.8 Å². The Morgan fingerprint density at radius 2 is 1.70 bits per heavy atom. The minimum atomic E-state index is -0.562. The highest BCUT2D eigenvalue weighted by atomic mass is 16.6. The fraction of sp³-hybridized carbons (Fsp3) is 0.905. The smallest absolute Gasteiger partial charge is 0.407 e. The monoisotopic (exact) mass is 384 g/mol. The number of carbonyl (C=O) groups is 2. The molecule has 0 bridgehead atoms. The fourth-order valence-corrected chi connectivity index (χ4v) is 4.19. The number of amides is 1. The summed E-state index contributed by atoms with van der Waals surface area (Å²) in [6, 6.07) is -0.218. The van der Waals surface area contributed by atoms with Gasteiger partial charge in [-0.1, -0.05) is 26.7 Å². The third-order valence-corrected chi connectivity index (χ3v) is 5.29. The van der Waals surface area contributed by atoms with E-state index < -0.39 is 11.7 Å². The first-order valence-electron chi connectivity index (χ1n) is 10.5. The summed E-state index contributed by atoms with van der Waals surface area (Å²) < 4.78 is 10.6. The summed E-state index contributed by atoms with van der Waals surface area (Å²) >= 11 is 0. The van der Waals surface area contributed by atoms with Crippen molar-refractivity contribution < 1.29 is 19.1 Å². The van der Waals surface area contributed by atoms with E-state index in [0.29, 0.717) is 25.4 Å². The molecule has 0 spiro atoms. The summed E-state index contributed by atoms with van der Waals surface area (Å²) in [5.74, 6) is 0.0412. The van der Waals surface area contributed by atoms with Gasteiger partial charge >= 0.3 is 12.1 Å². The molecule has 0 aliphatic heterocycles. The summed E-state index contributed by atoms with van der Waals surface area (Å²) in [7, 11) is 0. The lowest BCUT2D eigenvalue weighted by Crippen LogP contribution is -2.48. The van der Waals surface area contributed by atoms with Crippen LogP contribution in [-0.4, -0.2) is 36.4 Å². The Bertz CT molecular complexity index is 469. The van der Waals surface area contributed by atoms with Crippen molar-refractivity contribution in [2.45, 2.75) is 97.8 Å². The first-order valence-corrected chi connectivity index (χ1v) is 10.5. The second-order valence-corrected chi connectivity index (χ2v) is 8.75. The van der Waals surface area contributed by atoms with Crippen molar-refractivity contribution in [3.8, 4) is 0 Å². The first kappa shape index (κ1) is 23.7. The molecule has 1 saturated carbocycles. The molecule has 3 N–H and O–H groups in total. The molecule has 0 aromatic rings. The van der Waals surface area contributed by atoms with Crippen LogP contribution in [0.2, 0.25) is 0 Å². The van der Waals surface area contributed by atoms with Crippen LogP contribution < -0.4 is 11.1 Å². The van der Waals surface area contributed by atoms with Gasteiger partial charge in [0.15, 0.2) is 0 Å². The lowest BCUT2D eigenvalue weighted by molar-refractivity contribution is -0.147. The Balaban J connectivity index is 2.92. The highest BCUT2D eigenvalue weighted by Crippen LogP contribution is 2.37.